The Hall–Kier alpha value is -3.55. The van der Waals surface area contributed by atoms with Gasteiger partial charge in [0, 0.05) is 18.2 Å². The van der Waals surface area contributed by atoms with E-state index < -0.39 is 5.91 Å². The van der Waals surface area contributed by atoms with Crippen LogP contribution in [0.4, 0.5) is 5.69 Å². The SMILES string of the molecule is COc1cc(C(=O)N/N=C(/C)c2cccc(NC(C)=O)c2)cc(OC)c1OC. The van der Waals surface area contributed by atoms with Crippen molar-refractivity contribution in [3.63, 3.8) is 0 Å². The van der Waals surface area contributed by atoms with E-state index >= 15 is 0 Å². The first kappa shape index (κ1) is 20.8. The molecular formula is C20H23N3O5. The minimum atomic E-state index is -0.434. The lowest BCUT2D eigenvalue weighted by molar-refractivity contribution is -0.114. The van der Waals surface area contributed by atoms with E-state index in [1.165, 1.54) is 28.3 Å². The lowest BCUT2D eigenvalue weighted by Crippen LogP contribution is -2.19. The molecule has 0 radical (unpaired) electrons. The number of carbonyl (C=O) groups excluding carboxylic acids is 2. The fourth-order valence-corrected chi connectivity index (χ4v) is 2.50. The first-order valence-electron chi connectivity index (χ1n) is 8.42. The Balaban J connectivity index is 2.22. The molecule has 148 valence electrons. The van der Waals surface area contributed by atoms with Gasteiger partial charge in [0.25, 0.3) is 5.91 Å². The third-order valence-corrected chi connectivity index (χ3v) is 3.85. The number of hydrazone groups is 1. The number of hydrogen-bond acceptors (Lipinski definition) is 6. The molecule has 2 rings (SSSR count). The Morgan fingerprint density at radius 1 is 0.893 bits per heavy atom. The smallest absolute Gasteiger partial charge is 0.271 e. The highest BCUT2D eigenvalue weighted by Crippen LogP contribution is 2.38. The van der Waals surface area contributed by atoms with E-state index in [-0.39, 0.29) is 5.91 Å². The van der Waals surface area contributed by atoms with Gasteiger partial charge in [0.2, 0.25) is 11.7 Å². The zero-order valence-corrected chi connectivity index (χ0v) is 16.5. The van der Waals surface area contributed by atoms with Crippen molar-refractivity contribution in [3.05, 3.63) is 47.5 Å². The van der Waals surface area contributed by atoms with E-state index in [1.807, 2.05) is 6.07 Å². The first-order chi connectivity index (χ1) is 13.4. The number of nitrogens with zero attached hydrogens (tertiary/aromatic N) is 1. The van der Waals surface area contributed by atoms with Crippen LogP contribution in [-0.4, -0.2) is 38.9 Å². The normalized spacial score (nSPS) is 10.8. The summed E-state index contributed by atoms with van der Waals surface area (Å²) in [5.41, 5.74) is 4.80. The van der Waals surface area contributed by atoms with Crippen LogP contribution in [0.15, 0.2) is 41.5 Å². The predicted molar refractivity (Wildman–Crippen MR) is 107 cm³/mol. The number of nitrogens with one attached hydrogen (secondary N) is 2. The van der Waals surface area contributed by atoms with E-state index in [1.54, 1.807) is 37.3 Å². The second kappa shape index (κ2) is 9.40. The number of anilines is 1. The van der Waals surface area contributed by atoms with Crippen LogP contribution in [0.3, 0.4) is 0 Å². The summed E-state index contributed by atoms with van der Waals surface area (Å²) in [5.74, 6) is 0.543. The topological polar surface area (TPSA) is 98.2 Å². The Kier molecular flexibility index (Phi) is 6.97. The minimum absolute atomic E-state index is 0.164. The van der Waals surface area contributed by atoms with Gasteiger partial charge >= 0.3 is 0 Å². The third-order valence-electron chi connectivity index (χ3n) is 3.85. The summed E-state index contributed by atoms with van der Waals surface area (Å²) < 4.78 is 15.8. The first-order valence-corrected chi connectivity index (χ1v) is 8.42. The van der Waals surface area contributed by atoms with Gasteiger partial charge < -0.3 is 19.5 Å². The van der Waals surface area contributed by atoms with Gasteiger partial charge in [0.05, 0.1) is 27.0 Å². The lowest BCUT2D eigenvalue weighted by Gasteiger charge is -2.13. The van der Waals surface area contributed by atoms with Crippen LogP contribution in [0.2, 0.25) is 0 Å². The summed E-state index contributed by atoms with van der Waals surface area (Å²) in [6.45, 7) is 3.19. The van der Waals surface area contributed by atoms with Crippen LogP contribution in [-0.2, 0) is 4.79 Å². The quantitative estimate of drug-likeness (QED) is 0.564. The molecule has 0 saturated heterocycles. The van der Waals surface area contributed by atoms with Crippen LogP contribution in [0.5, 0.6) is 17.2 Å². The molecule has 8 nitrogen and oxygen atoms in total. The summed E-state index contributed by atoms with van der Waals surface area (Å²) in [6, 6.07) is 10.2. The van der Waals surface area contributed by atoms with Crippen molar-refractivity contribution in [1.29, 1.82) is 0 Å². The van der Waals surface area contributed by atoms with Gasteiger partial charge in [0.1, 0.15) is 0 Å². The fraction of sp³-hybridized carbons (Fsp3) is 0.250. The van der Waals surface area contributed by atoms with Gasteiger partial charge in [-0.25, -0.2) is 5.43 Å². The van der Waals surface area contributed by atoms with Crippen molar-refractivity contribution in [3.8, 4) is 17.2 Å². The Labute approximate surface area is 163 Å². The van der Waals surface area contributed by atoms with Crippen LogP contribution >= 0.6 is 0 Å². The van der Waals surface area contributed by atoms with Crippen molar-refractivity contribution in [2.24, 2.45) is 5.10 Å². The molecular weight excluding hydrogens is 362 g/mol. The molecule has 0 spiro atoms. The van der Waals surface area contributed by atoms with E-state index in [4.69, 9.17) is 14.2 Å². The number of amides is 2. The maximum atomic E-state index is 12.5. The molecule has 0 saturated carbocycles. The zero-order chi connectivity index (χ0) is 20.7. The van der Waals surface area contributed by atoms with Gasteiger partial charge in [-0.1, -0.05) is 12.1 Å². The van der Waals surface area contributed by atoms with Gasteiger partial charge in [-0.2, -0.15) is 5.10 Å². The van der Waals surface area contributed by atoms with Crippen molar-refractivity contribution >= 4 is 23.2 Å². The number of methoxy groups -OCH3 is 3. The largest absolute Gasteiger partial charge is 0.493 e. The van der Waals surface area contributed by atoms with Crippen LogP contribution < -0.4 is 25.0 Å². The molecule has 2 amide bonds. The Bertz CT molecular complexity index is 883. The molecule has 0 atom stereocenters. The van der Waals surface area contributed by atoms with E-state index in [0.29, 0.717) is 34.2 Å². The molecule has 8 heteroatoms. The van der Waals surface area contributed by atoms with Crippen LogP contribution in [0, 0.1) is 0 Å². The van der Waals surface area contributed by atoms with Gasteiger partial charge in [-0.15, -0.1) is 0 Å². The van der Waals surface area contributed by atoms with Gasteiger partial charge in [0.15, 0.2) is 11.5 Å². The van der Waals surface area contributed by atoms with Gasteiger partial charge in [-0.3, -0.25) is 9.59 Å². The molecule has 2 aromatic rings. The standard InChI is InChI=1S/C20H23N3O5/c1-12(14-7-6-8-16(9-14)21-13(2)24)22-23-20(25)15-10-17(26-3)19(28-5)18(11-15)27-4/h6-11H,1-5H3,(H,21,24)(H,23,25)/b22-12-. The Morgan fingerprint density at radius 3 is 2.07 bits per heavy atom. The molecule has 0 bridgehead atoms. The molecule has 28 heavy (non-hydrogen) atoms. The van der Waals surface area contributed by atoms with Gasteiger partial charge in [-0.05, 0) is 36.8 Å². The van der Waals surface area contributed by atoms with E-state index in [0.717, 1.165) is 5.56 Å². The highest BCUT2D eigenvalue weighted by Gasteiger charge is 2.17. The van der Waals surface area contributed by atoms with Crippen molar-refractivity contribution in [2.45, 2.75) is 13.8 Å². The fourth-order valence-electron chi connectivity index (χ4n) is 2.50. The molecule has 0 aromatic heterocycles. The van der Waals surface area contributed by atoms with Crippen LogP contribution in [0.1, 0.15) is 29.8 Å². The highest BCUT2D eigenvalue weighted by atomic mass is 16.5. The van der Waals surface area contributed by atoms with E-state index in [2.05, 4.69) is 15.8 Å². The molecule has 0 unspecified atom stereocenters. The summed E-state index contributed by atoms with van der Waals surface area (Å²) in [5, 5.41) is 6.84. The number of carbonyl (C=O) groups is 2. The highest BCUT2D eigenvalue weighted by molar-refractivity contribution is 6.02. The Morgan fingerprint density at radius 2 is 1.54 bits per heavy atom. The number of benzene rings is 2. The van der Waals surface area contributed by atoms with Crippen molar-refractivity contribution < 1.29 is 23.8 Å². The number of ether oxygens (including phenoxy) is 3. The molecule has 0 aliphatic heterocycles. The second-order valence-corrected chi connectivity index (χ2v) is 5.81. The monoisotopic (exact) mass is 385 g/mol. The maximum absolute atomic E-state index is 12.5. The molecule has 0 aliphatic rings. The summed E-state index contributed by atoms with van der Waals surface area (Å²) in [6.07, 6.45) is 0. The number of rotatable bonds is 7. The molecule has 0 fully saturated rings. The summed E-state index contributed by atoms with van der Waals surface area (Å²) in [7, 11) is 4.44. The minimum Gasteiger partial charge on any atom is -0.493 e. The number of hydrogen-bond donors (Lipinski definition) is 2. The van der Waals surface area contributed by atoms with Crippen LogP contribution in [0.25, 0.3) is 0 Å². The van der Waals surface area contributed by atoms with Crippen molar-refractivity contribution in [2.75, 3.05) is 26.6 Å². The molecule has 0 aliphatic carbocycles. The average Bonchev–Trinajstić information content (AvgIpc) is 2.70. The zero-order valence-electron chi connectivity index (χ0n) is 16.5. The predicted octanol–water partition coefficient (Wildman–Crippen LogP) is 2.82. The molecule has 2 aromatic carbocycles. The summed E-state index contributed by atoms with van der Waals surface area (Å²) in [4.78, 5) is 23.7. The maximum Gasteiger partial charge on any atom is 0.271 e. The average molecular weight is 385 g/mol. The van der Waals surface area contributed by atoms with E-state index in [9.17, 15) is 9.59 Å². The lowest BCUT2D eigenvalue weighted by atomic mass is 10.1. The van der Waals surface area contributed by atoms with Crippen molar-refractivity contribution in [1.82, 2.24) is 5.43 Å². The summed E-state index contributed by atoms with van der Waals surface area (Å²) >= 11 is 0. The molecule has 2 N–H and O–H groups in total. The third kappa shape index (κ3) is 5.00. The molecule has 0 heterocycles. The second-order valence-electron chi connectivity index (χ2n) is 5.81.